The van der Waals surface area contributed by atoms with Crippen molar-refractivity contribution in [3.8, 4) is 0 Å². The zero-order valence-electron chi connectivity index (χ0n) is 15.2. The highest BCUT2D eigenvalue weighted by molar-refractivity contribution is 5.97. The van der Waals surface area contributed by atoms with Crippen molar-refractivity contribution in [1.29, 1.82) is 0 Å². The van der Waals surface area contributed by atoms with Crippen molar-refractivity contribution in [3.63, 3.8) is 0 Å². The van der Waals surface area contributed by atoms with Crippen LogP contribution in [0, 0.1) is 19.8 Å². The number of nitrogens with one attached hydrogen (secondary N) is 1. The summed E-state index contributed by atoms with van der Waals surface area (Å²) in [7, 11) is 1.65. The lowest BCUT2D eigenvalue weighted by Crippen LogP contribution is -2.37. The molecule has 1 aliphatic heterocycles. The van der Waals surface area contributed by atoms with E-state index < -0.39 is 0 Å². The maximum absolute atomic E-state index is 12.8. The van der Waals surface area contributed by atoms with Crippen LogP contribution in [-0.2, 0) is 11.8 Å². The molecule has 2 amide bonds. The molecule has 7 heteroatoms. The third-order valence-corrected chi connectivity index (χ3v) is 4.84. The van der Waals surface area contributed by atoms with Gasteiger partial charge in [-0.05, 0) is 44.0 Å². The Balaban J connectivity index is 1.73. The van der Waals surface area contributed by atoms with Gasteiger partial charge in [-0.2, -0.15) is 0 Å². The van der Waals surface area contributed by atoms with Gasteiger partial charge >= 0.3 is 0 Å². The fourth-order valence-corrected chi connectivity index (χ4v) is 3.22. The molecule has 0 radical (unpaired) electrons. The zero-order valence-corrected chi connectivity index (χ0v) is 15.2. The second-order valence-corrected chi connectivity index (χ2v) is 6.65. The van der Waals surface area contributed by atoms with Crippen molar-refractivity contribution in [2.24, 2.45) is 13.0 Å². The molecular formula is C19H22N4O3. The SMILES string of the molecule is Cc1cc(C)n(C)c(=O)c1C(=O)N1CC[C@H](C(=O)Nc2ccccn2)C1. The summed E-state index contributed by atoms with van der Waals surface area (Å²) < 4.78 is 1.47. The Kier molecular flexibility index (Phi) is 4.88. The predicted molar refractivity (Wildman–Crippen MR) is 98.0 cm³/mol. The van der Waals surface area contributed by atoms with E-state index in [1.54, 1.807) is 43.3 Å². The minimum atomic E-state index is -0.310. The van der Waals surface area contributed by atoms with E-state index in [1.807, 2.05) is 13.0 Å². The van der Waals surface area contributed by atoms with E-state index in [4.69, 9.17) is 0 Å². The molecule has 1 saturated heterocycles. The van der Waals surface area contributed by atoms with Gasteiger partial charge in [-0.3, -0.25) is 14.4 Å². The largest absolute Gasteiger partial charge is 0.338 e. The number of aromatic nitrogens is 2. The number of anilines is 1. The zero-order chi connectivity index (χ0) is 18.8. The molecule has 2 aromatic heterocycles. The predicted octanol–water partition coefficient (Wildman–Crippen LogP) is 1.50. The van der Waals surface area contributed by atoms with Crippen LogP contribution in [0.25, 0.3) is 0 Å². The number of hydrogen-bond acceptors (Lipinski definition) is 4. The molecule has 7 nitrogen and oxygen atoms in total. The second-order valence-electron chi connectivity index (χ2n) is 6.65. The smallest absolute Gasteiger partial charge is 0.263 e. The third kappa shape index (κ3) is 3.37. The highest BCUT2D eigenvalue weighted by atomic mass is 16.2. The standard InChI is InChI=1S/C19H22N4O3/c1-12-10-13(2)22(3)18(25)16(12)19(26)23-9-7-14(11-23)17(24)21-15-6-4-5-8-20-15/h4-6,8,10,14H,7,9,11H2,1-3H3,(H,20,21,24)/t14-/m0/s1. The first-order valence-corrected chi connectivity index (χ1v) is 8.57. The van der Waals surface area contributed by atoms with Crippen LogP contribution in [0.15, 0.2) is 35.3 Å². The summed E-state index contributed by atoms with van der Waals surface area (Å²) in [4.78, 5) is 43.4. The molecule has 0 spiro atoms. The number of aryl methyl sites for hydroxylation is 2. The highest BCUT2D eigenvalue weighted by Crippen LogP contribution is 2.20. The Morgan fingerprint density at radius 2 is 2.04 bits per heavy atom. The summed E-state index contributed by atoms with van der Waals surface area (Å²) in [6, 6.07) is 7.12. The first-order chi connectivity index (χ1) is 12.4. The molecule has 3 heterocycles. The van der Waals surface area contributed by atoms with Gasteiger partial charge in [0.25, 0.3) is 11.5 Å². The molecule has 0 aromatic carbocycles. The Bertz CT molecular complexity index is 905. The minimum absolute atomic E-state index is 0.160. The topological polar surface area (TPSA) is 84.3 Å². The number of pyridine rings is 2. The van der Waals surface area contributed by atoms with E-state index in [9.17, 15) is 14.4 Å². The quantitative estimate of drug-likeness (QED) is 0.905. The third-order valence-electron chi connectivity index (χ3n) is 4.84. The van der Waals surface area contributed by atoms with E-state index >= 15 is 0 Å². The number of amides is 2. The van der Waals surface area contributed by atoms with Gasteiger partial charge in [0.05, 0.1) is 5.92 Å². The van der Waals surface area contributed by atoms with Crippen molar-refractivity contribution in [3.05, 3.63) is 57.6 Å². The highest BCUT2D eigenvalue weighted by Gasteiger charge is 2.33. The summed E-state index contributed by atoms with van der Waals surface area (Å²) >= 11 is 0. The molecule has 1 atom stereocenters. The van der Waals surface area contributed by atoms with E-state index in [2.05, 4.69) is 10.3 Å². The van der Waals surface area contributed by atoms with E-state index in [0.717, 1.165) is 5.69 Å². The number of likely N-dealkylation sites (tertiary alicyclic amines) is 1. The van der Waals surface area contributed by atoms with E-state index in [-0.39, 0.29) is 28.9 Å². The van der Waals surface area contributed by atoms with E-state index in [1.165, 1.54) is 4.57 Å². The van der Waals surface area contributed by atoms with Crippen molar-refractivity contribution < 1.29 is 9.59 Å². The van der Waals surface area contributed by atoms with Crippen LogP contribution in [0.2, 0.25) is 0 Å². The molecule has 0 saturated carbocycles. The van der Waals surface area contributed by atoms with Gasteiger partial charge in [0.2, 0.25) is 5.91 Å². The molecule has 0 unspecified atom stereocenters. The van der Waals surface area contributed by atoms with Crippen LogP contribution in [0.4, 0.5) is 5.82 Å². The molecule has 1 fully saturated rings. The maximum Gasteiger partial charge on any atom is 0.263 e. The number of carbonyl (C=O) groups excluding carboxylic acids is 2. The van der Waals surface area contributed by atoms with Gasteiger partial charge in [-0.15, -0.1) is 0 Å². The lowest BCUT2D eigenvalue weighted by atomic mass is 10.1. The molecule has 1 N–H and O–H groups in total. The van der Waals surface area contributed by atoms with Gasteiger partial charge < -0.3 is 14.8 Å². The lowest BCUT2D eigenvalue weighted by Gasteiger charge is -2.18. The van der Waals surface area contributed by atoms with Gasteiger partial charge in [0, 0.05) is 32.0 Å². The monoisotopic (exact) mass is 354 g/mol. The molecule has 3 rings (SSSR count). The number of nitrogens with zero attached hydrogens (tertiary/aromatic N) is 3. The van der Waals surface area contributed by atoms with Crippen molar-refractivity contribution in [2.75, 3.05) is 18.4 Å². The molecular weight excluding hydrogens is 332 g/mol. The summed E-state index contributed by atoms with van der Waals surface area (Å²) in [5, 5.41) is 2.77. The van der Waals surface area contributed by atoms with Crippen LogP contribution in [0.3, 0.4) is 0 Å². The normalized spacial score (nSPS) is 16.6. The Hall–Kier alpha value is -2.96. The molecule has 26 heavy (non-hydrogen) atoms. The fraction of sp³-hybridized carbons (Fsp3) is 0.368. The van der Waals surface area contributed by atoms with Crippen molar-refractivity contribution in [2.45, 2.75) is 20.3 Å². The van der Waals surface area contributed by atoms with Crippen LogP contribution in [-0.4, -0.2) is 39.4 Å². The van der Waals surface area contributed by atoms with Crippen LogP contribution in [0.1, 0.15) is 28.0 Å². The number of hydrogen-bond donors (Lipinski definition) is 1. The van der Waals surface area contributed by atoms with Gasteiger partial charge in [-0.25, -0.2) is 4.98 Å². The Morgan fingerprint density at radius 1 is 1.27 bits per heavy atom. The Labute approximate surface area is 151 Å². The Morgan fingerprint density at radius 3 is 2.73 bits per heavy atom. The number of rotatable bonds is 3. The summed E-state index contributed by atoms with van der Waals surface area (Å²) in [5.41, 5.74) is 1.35. The molecule has 1 aliphatic rings. The summed E-state index contributed by atoms with van der Waals surface area (Å²) in [5.74, 6) is -0.287. The van der Waals surface area contributed by atoms with Crippen LogP contribution >= 0.6 is 0 Å². The van der Waals surface area contributed by atoms with Crippen LogP contribution < -0.4 is 10.9 Å². The van der Waals surface area contributed by atoms with Crippen molar-refractivity contribution >= 4 is 17.6 Å². The van der Waals surface area contributed by atoms with Gasteiger partial charge in [0.15, 0.2) is 0 Å². The average Bonchev–Trinajstić information content (AvgIpc) is 3.11. The maximum atomic E-state index is 12.8. The van der Waals surface area contributed by atoms with Gasteiger partial charge in [-0.1, -0.05) is 6.07 Å². The van der Waals surface area contributed by atoms with Crippen molar-refractivity contribution in [1.82, 2.24) is 14.5 Å². The minimum Gasteiger partial charge on any atom is -0.338 e. The molecule has 0 aliphatic carbocycles. The molecule has 2 aromatic rings. The van der Waals surface area contributed by atoms with Crippen LogP contribution in [0.5, 0.6) is 0 Å². The lowest BCUT2D eigenvalue weighted by molar-refractivity contribution is -0.119. The molecule has 0 bridgehead atoms. The summed E-state index contributed by atoms with van der Waals surface area (Å²) in [6.07, 6.45) is 2.17. The number of carbonyl (C=O) groups is 2. The summed E-state index contributed by atoms with van der Waals surface area (Å²) in [6.45, 7) is 4.35. The first-order valence-electron chi connectivity index (χ1n) is 8.57. The first kappa shape index (κ1) is 17.8. The molecule has 136 valence electrons. The fourth-order valence-electron chi connectivity index (χ4n) is 3.22. The van der Waals surface area contributed by atoms with Gasteiger partial charge in [0.1, 0.15) is 11.4 Å². The van der Waals surface area contributed by atoms with E-state index in [0.29, 0.717) is 30.9 Å². The second kappa shape index (κ2) is 7.11. The average molecular weight is 354 g/mol.